The summed E-state index contributed by atoms with van der Waals surface area (Å²) in [6.07, 6.45) is -0.289. The molecule has 1 N–H and O–H groups in total. The van der Waals surface area contributed by atoms with E-state index in [4.69, 9.17) is 0 Å². The van der Waals surface area contributed by atoms with Crippen LogP contribution in [0.15, 0.2) is 24.3 Å². The number of ether oxygens (including phenoxy) is 1. The fraction of sp³-hybridized carbons (Fsp3) is 0.385. The van der Waals surface area contributed by atoms with Crippen LogP contribution in [0.2, 0.25) is 0 Å². The molecule has 0 aromatic heterocycles. The Kier molecular flexibility index (Phi) is 4.02. The minimum atomic E-state index is -1.90. The van der Waals surface area contributed by atoms with Crippen LogP contribution in [0.5, 0.6) is 0 Å². The van der Waals surface area contributed by atoms with E-state index in [1.54, 1.807) is 18.2 Å². The monoisotopic (exact) mass is 236 g/mol. The Morgan fingerprint density at radius 1 is 1.41 bits per heavy atom. The van der Waals surface area contributed by atoms with Gasteiger partial charge in [0.1, 0.15) is 5.78 Å². The molecule has 0 bridgehead atoms. The predicted octanol–water partition coefficient (Wildman–Crippen LogP) is 1.33. The van der Waals surface area contributed by atoms with Crippen LogP contribution in [0.25, 0.3) is 0 Å². The smallest absolute Gasteiger partial charge is 0.343 e. The molecule has 1 aromatic carbocycles. The van der Waals surface area contributed by atoms with Gasteiger partial charge in [0.2, 0.25) is 0 Å². The van der Waals surface area contributed by atoms with Gasteiger partial charge in [-0.05, 0) is 19.4 Å². The molecule has 92 valence electrons. The van der Waals surface area contributed by atoms with E-state index in [9.17, 15) is 14.7 Å². The van der Waals surface area contributed by atoms with Crippen LogP contribution in [-0.4, -0.2) is 24.0 Å². The molecule has 0 saturated heterocycles. The van der Waals surface area contributed by atoms with Crippen LogP contribution in [-0.2, 0) is 19.9 Å². The highest BCUT2D eigenvalue weighted by Gasteiger charge is 2.40. The number of aryl methyl sites for hydroxylation is 1. The van der Waals surface area contributed by atoms with Gasteiger partial charge in [0.05, 0.1) is 7.11 Å². The van der Waals surface area contributed by atoms with Gasteiger partial charge in [-0.2, -0.15) is 0 Å². The first-order valence-electron chi connectivity index (χ1n) is 5.27. The summed E-state index contributed by atoms with van der Waals surface area (Å²) >= 11 is 0. The van der Waals surface area contributed by atoms with Gasteiger partial charge in [-0.3, -0.25) is 4.79 Å². The van der Waals surface area contributed by atoms with Gasteiger partial charge in [0.25, 0.3) is 0 Å². The number of rotatable bonds is 4. The number of methoxy groups -OCH3 is 1. The van der Waals surface area contributed by atoms with E-state index in [1.807, 2.05) is 13.0 Å². The lowest BCUT2D eigenvalue weighted by Crippen LogP contribution is -2.38. The molecule has 0 aliphatic carbocycles. The van der Waals surface area contributed by atoms with Crippen LogP contribution < -0.4 is 0 Å². The number of carbonyl (C=O) groups is 2. The van der Waals surface area contributed by atoms with Gasteiger partial charge >= 0.3 is 5.97 Å². The zero-order valence-corrected chi connectivity index (χ0v) is 10.2. The summed E-state index contributed by atoms with van der Waals surface area (Å²) in [5, 5.41) is 10.4. The van der Waals surface area contributed by atoms with Crippen molar-refractivity contribution in [2.75, 3.05) is 7.11 Å². The molecular weight excluding hydrogens is 220 g/mol. The molecule has 0 unspecified atom stereocenters. The van der Waals surface area contributed by atoms with E-state index in [-0.39, 0.29) is 12.2 Å². The van der Waals surface area contributed by atoms with Crippen LogP contribution in [0.1, 0.15) is 24.5 Å². The highest BCUT2D eigenvalue weighted by Crippen LogP contribution is 2.27. The van der Waals surface area contributed by atoms with Crippen molar-refractivity contribution < 1.29 is 19.4 Å². The maximum atomic E-state index is 11.7. The van der Waals surface area contributed by atoms with Gasteiger partial charge in [-0.1, -0.05) is 29.8 Å². The van der Waals surface area contributed by atoms with Gasteiger partial charge in [0, 0.05) is 6.42 Å². The van der Waals surface area contributed by atoms with E-state index >= 15 is 0 Å². The van der Waals surface area contributed by atoms with Crippen molar-refractivity contribution in [3.8, 4) is 0 Å². The fourth-order valence-corrected chi connectivity index (χ4v) is 1.72. The van der Waals surface area contributed by atoms with Crippen molar-refractivity contribution in [2.24, 2.45) is 0 Å². The number of hydrogen-bond donors (Lipinski definition) is 1. The zero-order chi connectivity index (χ0) is 13.1. The summed E-state index contributed by atoms with van der Waals surface area (Å²) in [6.45, 7) is 3.17. The molecule has 0 fully saturated rings. The quantitative estimate of drug-likeness (QED) is 0.801. The number of ketones is 1. The van der Waals surface area contributed by atoms with Crippen LogP contribution in [0, 0.1) is 6.92 Å². The molecule has 1 rings (SSSR count). The van der Waals surface area contributed by atoms with Crippen molar-refractivity contribution in [1.29, 1.82) is 0 Å². The normalized spacial score (nSPS) is 13.9. The third kappa shape index (κ3) is 2.91. The minimum Gasteiger partial charge on any atom is -0.467 e. The topological polar surface area (TPSA) is 63.6 Å². The first-order chi connectivity index (χ1) is 7.90. The average molecular weight is 236 g/mol. The summed E-state index contributed by atoms with van der Waals surface area (Å²) in [7, 11) is 1.18. The van der Waals surface area contributed by atoms with Gasteiger partial charge in [0.15, 0.2) is 5.60 Å². The third-order valence-corrected chi connectivity index (χ3v) is 2.52. The highest BCUT2D eigenvalue weighted by molar-refractivity contribution is 5.88. The minimum absolute atomic E-state index is 0.278. The van der Waals surface area contributed by atoms with E-state index in [0.29, 0.717) is 5.56 Å². The van der Waals surface area contributed by atoms with Crippen molar-refractivity contribution >= 4 is 11.8 Å². The summed E-state index contributed by atoms with van der Waals surface area (Å²) in [4.78, 5) is 22.8. The number of esters is 1. The molecule has 1 aromatic rings. The number of Topliss-reactive ketones (excluding diaryl/α,β-unsaturated/α-hetero) is 1. The average Bonchev–Trinajstić information content (AvgIpc) is 2.26. The van der Waals surface area contributed by atoms with Crippen molar-refractivity contribution in [3.63, 3.8) is 0 Å². The lowest BCUT2D eigenvalue weighted by Gasteiger charge is -2.24. The van der Waals surface area contributed by atoms with Crippen LogP contribution >= 0.6 is 0 Å². The van der Waals surface area contributed by atoms with E-state index in [0.717, 1.165) is 5.56 Å². The molecule has 0 spiro atoms. The van der Waals surface area contributed by atoms with Crippen LogP contribution in [0.4, 0.5) is 0 Å². The molecule has 4 heteroatoms. The molecule has 0 saturated carbocycles. The Morgan fingerprint density at radius 3 is 2.53 bits per heavy atom. The SMILES string of the molecule is COC(=O)[C@@](O)(CC(C)=O)c1cccc(C)c1. The van der Waals surface area contributed by atoms with Crippen LogP contribution in [0.3, 0.4) is 0 Å². The molecule has 0 heterocycles. The number of carbonyl (C=O) groups excluding carboxylic acids is 2. The number of aliphatic hydroxyl groups is 1. The first-order valence-corrected chi connectivity index (χ1v) is 5.27. The highest BCUT2D eigenvalue weighted by atomic mass is 16.5. The van der Waals surface area contributed by atoms with E-state index in [2.05, 4.69) is 4.74 Å². The van der Waals surface area contributed by atoms with Crippen molar-refractivity contribution in [3.05, 3.63) is 35.4 Å². The Bertz CT molecular complexity index is 439. The number of hydrogen-bond acceptors (Lipinski definition) is 4. The second-order valence-electron chi connectivity index (χ2n) is 4.10. The Balaban J connectivity index is 3.23. The van der Waals surface area contributed by atoms with E-state index < -0.39 is 11.6 Å². The lowest BCUT2D eigenvalue weighted by atomic mass is 9.88. The maximum Gasteiger partial charge on any atom is 0.343 e. The fourth-order valence-electron chi connectivity index (χ4n) is 1.72. The van der Waals surface area contributed by atoms with Gasteiger partial charge in [-0.25, -0.2) is 4.79 Å². The largest absolute Gasteiger partial charge is 0.467 e. The molecule has 0 amide bonds. The summed E-state index contributed by atoms with van der Waals surface area (Å²) in [5.41, 5.74) is -0.625. The molecule has 0 radical (unpaired) electrons. The molecule has 17 heavy (non-hydrogen) atoms. The zero-order valence-electron chi connectivity index (χ0n) is 10.2. The first kappa shape index (κ1) is 13.4. The molecule has 0 aliphatic rings. The van der Waals surface area contributed by atoms with Crippen molar-refractivity contribution in [2.45, 2.75) is 25.9 Å². The van der Waals surface area contributed by atoms with E-state index in [1.165, 1.54) is 14.0 Å². The summed E-state index contributed by atoms with van der Waals surface area (Å²) in [6, 6.07) is 6.83. The molecule has 4 nitrogen and oxygen atoms in total. The second kappa shape index (κ2) is 5.10. The number of benzene rings is 1. The van der Waals surface area contributed by atoms with Gasteiger partial charge in [-0.15, -0.1) is 0 Å². The summed E-state index contributed by atoms with van der Waals surface area (Å²) < 4.78 is 4.57. The van der Waals surface area contributed by atoms with Gasteiger partial charge < -0.3 is 9.84 Å². The predicted molar refractivity (Wildman–Crippen MR) is 62.4 cm³/mol. The van der Waals surface area contributed by atoms with Crippen molar-refractivity contribution in [1.82, 2.24) is 0 Å². The Morgan fingerprint density at radius 2 is 2.06 bits per heavy atom. The Hall–Kier alpha value is -1.68. The Labute approximate surface area is 100 Å². The maximum absolute atomic E-state index is 11.7. The lowest BCUT2D eigenvalue weighted by molar-refractivity contribution is -0.166. The second-order valence-corrected chi connectivity index (χ2v) is 4.10. The molecular formula is C13H16O4. The molecule has 1 atom stereocenters. The third-order valence-electron chi connectivity index (χ3n) is 2.52. The summed E-state index contributed by atoms with van der Waals surface area (Å²) in [5.74, 6) is -1.10. The molecule has 0 aliphatic heterocycles. The standard InChI is InChI=1S/C13H16O4/c1-9-5-4-6-11(7-9)13(16,8-10(2)14)12(15)17-3/h4-7,16H,8H2,1-3H3/t13-/m1/s1.